The number of halogens is 1. The summed E-state index contributed by atoms with van der Waals surface area (Å²) in [5, 5.41) is 3.76. The zero-order valence-corrected chi connectivity index (χ0v) is 21.1. The van der Waals surface area contributed by atoms with Gasteiger partial charge in [-0.3, -0.25) is 0 Å². The van der Waals surface area contributed by atoms with Crippen LogP contribution in [0, 0.1) is 0 Å². The number of carbonyl (C=O) groups is 1. The maximum absolute atomic E-state index is 12.8. The number of hydrogen-bond acceptors (Lipinski definition) is 6. The van der Waals surface area contributed by atoms with Gasteiger partial charge in [0.1, 0.15) is 5.82 Å². The minimum absolute atomic E-state index is 0.0570. The van der Waals surface area contributed by atoms with Gasteiger partial charge in [-0.1, -0.05) is 73.5 Å². The molecule has 8 nitrogen and oxygen atoms in total. The lowest BCUT2D eigenvalue weighted by Gasteiger charge is -2.14. The van der Waals surface area contributed by atoms with Crippen LogP contribution in [-0.4, -0.2) is 34.3 Å². The lowest BCUT2D eigenvalue weighted by atomic mass is 9.98. The highest BCUT2D eigenvalue weighted by atomic mass is 35.5. The molecule has 0 saturated heterocycles. The van der Waals surface area contributed by atoms with Gasteiger partial charge in [0.05, 0.1) is 6.10 Å². The smallest absolute Gasteiger partial charge is 0.360 e. The predicted octanol–water partition coefficient (Wildman–Crippen LogP) is 4.71. The molecule has 0 aliphatic heterocycles. The lowest BCUT2D eigenvalue weighted by molar-refractivity contribution is -0.0546. The zero-order chi connectivity index (χ0) is 25.4. The number of esters is 1. The SMILES string of the molecule is CCCCc1nc(Cl)c(C(=O)OCOC(C)C)n1Cc1ccc(-c2ccccc2/C(N)=N/N)cc1. The van der Waals surface area contributed by atoms with Crippen LogP contribution in [0.3, 0.4) is 0 Å². The Morgan fingerprint density at radius 2 is 1.89 bits per heavy atom. The van der Waals surface area contributed by atoms with Crippen molar-refractivity contribution in [3.8, 4) is 11.1 Å². The number of nitrogens with two attached hydrogens (primary N) is 2. The molecular formula is C26H32ClN5O3. The maximum Gasteiger partial charge on any atom is 0.360 e. The van der Waals surface area contributed by atoms with Gasteiger partial charge < -0.3 is 25.6 Å². The Hall–Kier alpha value is -3.36. The van der Waals surface area contributed by atoms with Crippen LogP contribution in [0.1, 0.15) is 61.1 Å². The van der Waals surface area contributed by atoms with E-state index in [0.717, 1.165) is 40.9 Å². The van der Waals surface area contributed by atoms with Crippen molar-refractivity contribution < 1.29 is 14.3 Å². The summed E-state index contributed by atoms with van der Waals surface area (Å²) in [4.78, 5) is 17.3. The molecule has 3 rings (SSSR count). The summed E-state index contributed by atoms with van der Waals surface area (Å²) in [6.07, 6.45) is 2.57. The van der Waals surface area contributed by atoms with Crippen LogP contribution in [0.2, 0.25) is 5.15 Å². The first-order valence-corrected chi connectivity index (χ1v) is 12.0. The molecule has 0 radical (unpaired) electrons. The molecule has 35 heavy (non-hydrogen) atoms. The van der Waals surface area contributed by atoms with Gasteiger partial charge in [0, 0.05) is 18.5 Å². The molecule has 0 fully saturated rings. The van der Waals surface area contributed by atoms with E-state index in [9.17, 15) is 4.79 Å². The fourth-order valence-electron chi connectivity index (χ4n) is 3.65. The van der Waals surface area contributed by atoms with Gasteiger partial charge in [-0.25, -0.2) is 9.78 Å². The van der Waals surface area contributed by atoms with E-state index < -0.39 is 5.97 Å². The normalized spacial score (nSPS) is 11.7. The number of imidazole rings is 1. The van der Waals surface area contributed by atoms with E-state index in [1.807, 2.05) is 66.9 Å². The fraction of sp³-hybridized carbons (Fsp3) is 0.346. The summed E-state index contributed by atoms with van der Waals surface area (Å²) in [5.74, 6) is 5.84. The molecular weight excluding hydrogens is 466 g/mol. The van der Waals surface area contributed by atoms with E-state index >= 15 is 0 Å². The molecule has 3 aromatic rings. The van der Waals surface area contributed by atoms with Crippen molar-refractivity contribution in [2.45, 2.75) is 52.7 Å². The maximum atomic E-state index is 12.8. The molecule has 0 unspecified atom stereocenters. The third-order valence-electron chi connectivity index (χ3n) is 5.49. The van der Waals surface area contributed by atoms with E-state index in [4.69, 9.17) is 32.7 Å². The highest BCUT2D eigenvalue weighted by molar-refractivity contribution is 6.32. The Bertz CT molecular complexity index is 1170. The van der Waals surface area contributed by atoms with E-state index in [1.165, 1.54) is 0 Å². The van der Waals surface area contributed by atoms with Crippen molar-refractivity contribution in [2.75, 3.05) is 6.79 Å². The first kappa shape index (κ1) is 26.2. The Kier molecular flexibility index (Phi) is 9.28. The Balaban J connectivity index is 1.90. The number of nitrogens with zero attached hydrogens (tertiary/aromatic N) is 3. The molecule has 9 heteroatoms. The minimum atomic E-state index is -0.562. The van der Waals surface area contributed by atoms with Crippen LogP contribution in [0.5, 0.6) is 0 Å². The topological polar surface area (TPSA) is 118 Å². The molecule has 1 aromatic heterocycles. The lowest BCUT2D eigenvalue weighted by Crippen LogP contribution is -2.18. The quantitative estimate of drug-likeness (QED) is 0.0988. The van der Waals surface area contributed by atoms with Gasteiger partial charge in [0.25, 0.3) is 0 Å². The molecule has 0 spiro atoms. The largest absolute Gasteiger partial charge is 0.434 e. The average Bonchev–Trinajstić information content (AvgIpc) is 3.16. The van der Waals surface area contributed by atoms with Crippen molar-refractivity contribution in [1.82, 2.24) is 9.55 Å². The predicted molar refractivity (Wildman–Crippen MR) is 138 cm³/mol. The molecule has 0 amide bonds. The zero-order valence-electron chi connectivity index (χ0n) is 20.3. The van der Waals surface area contributed by atoms with Gasteiger partial charge in [0.15, 0.2) is 23.5 Å². The molecule has 0 bridgehead atoms. The van der Waals surface area contributed by atoms with Gasteiger partial charge in [-0.2, -0.15) is 5.10 Å². The summed E-state index contributed by atoms with van der Waals surface area (Å²) in [5.41, 5.74) is 9.83. The van der Waals surface area contributed by atoms with Gasteiger partial charge in [0.2, 0.25) is 0 Å². The second-order valence-corrected chi connectivity index (χ2v) is 8.74. The molecule has 186 valence electrons. The molecule has 0 aliphatic carbocycles. The van der Waals surface area contributed by atoms with E-state index in [2.05, 4.69) is 17.0 Å². The number of hydrazone groups is 1. The number of ether oxygens (including phenoxy) is 2. The van der Waals surface area contributed by atoms with Crippen molar-refractivity contribution >= 4 is 23.4 Å². The van der Waals surface area contributed by atoms with Crippen molar-refractivity contribution in [3.05, 3.63) is 76.3 Å². The number of amidine groups is 1. The highest BCUT2D eigenvalue weighted by Gasteiger charge is 2.23. The number of carbonyl (C=O) groups excluding carboxylic acids is 1. The molecule has 0 atom stereocenters. The van der Waals surface area contributed by atoms with Gasteiger partial charge >= 0.3 is 5.97 Å². The average molecular weight is 498 g/mol. The number of aromatic nitrogens is 2. The summed E-state index contributed by atoms with van der Waals surface area (Å²) in [7, 11) is 0. The highest BCUT2D eigenvalue weighted by Crippen LogP contribution is 2.26. The molecule has 4 N–H and O–H groups in total. The van der Waals surface area contributed by atoms with Crippen LogP contribution in [-0.2, 0) is 22.4 Å². The third kappa shape index (κ3) is 6.61. The number of rotatable bonds is 11. The monoisotopic (exact) mass is 497 g/mol. The summed E-state index contributed by atoms with van der Waals surface area (Å²) < 4.78 is 12.5. The Morgan fingerprint density at radius 3 is 2.54 bits per heavy atom. The second kappa shape index (κ2) is 12.4. The molecule has 1 heterocycles. The summed E-state index contributed by atoms with van der Waals surface area (Å²) in [6.45, 7) is 6.11. The van der Waals surface area contributed by atoms with Crippen LogP contribution in [0.15, 0.2) is 53.6 Å². The number of unbranched alkanes of at least 4 members (excludes halogenated alkanes) is 1. The van der Waals surface area contributed by atoms with Crippen molar-refractivity contribution in [2.24, 2.45) is 16.7 Å². The second-order valence-electron chi connectivity index (χ2n) is 8.38. The van der Waals surface area contributed by atoms with Gasteiger partial charge in [-0.05, 0) is 37.0 Å². The van der Waals surface area contributed by atoms with Crippen molar-refractivity contribution in [3.63, 3.8) is 0 Å². The van der Waals surface area contributed by atoms with E-state index in [-0.39, 0.29) is 29.6 Å². The van der Waals surface area contributed by atoms with Gasteiger partial charge in [-0.15, -0.1) is 0 Å². The van der Waals surface area contributed by atoms with E-state index in [1.54, 1.807) is 0 Å². The van der Waals surface area contributed by atoms with Crippen LogP contribution >= 0.6 is 11.6 Å². The molecule has 0 aliphatic rings. The number of benzene rings is 2. The summed E-state index contributed by atoms with van der Waals surface area (Å²) >= 11 is 6.39. The van der Waals surface area contributed by atoms with Crippen LogP contribution in [0.25, 0.3) is 11.1 Å². The van der Waals surface area contributed by atoms with Crippen LogP contribution in [0.4, 0.5) is 0 Å². The molecule has 0 saturated carbocycles. The summed E-state index contributed by atoms with van der Waals surface area (Å²) in [6, 6.07) is 15.7. The number of hydrogen-bond donors (Lipinski definition) is 2. The first-order chi connectivity index (χ1) is 16.8. The van der Waals surface area contributed by atoms with Crippen molar-refractivity contribution in [1.29, 1.82) is 0 Å². The number of aryl methyl sites for hydroxylation is 1. The van der Waals surface area contributed by atoms with Crippen LogP contribution < -0.4 is 11.6 Å². The fourth-order valence-corrected chi connectivity index (χ4v) is 3.93. The van der Waals surface area contributed by atoms with E-state index in [0.29, 0.717) is 13.0 Å². The third-order valence-corrected chi connectivity index (χ3v) is 5.75. The first-order valence-electron chi connectivity index (χ1n) is 11.6. The Labute approximate surface area is 210 Å². The standard InChI is InChI=1S/C26H32ClN5O3/c1-4-5-10-22-30-24(27)23(26(33)35-16-34-17(2)3)32(22)15-18-11-13-19(14-12-18)20-8-6-7-9-21(20)25(28)31-29/h6-9,11-14,17H,4-5,10,15-16,29H2,1-3H3,(H2,28,31). The Morgan fingerprint density at radius 1 is 1.17 bits per heavy atom. The minimum Gasteiger partial charge on any atom is -0.434 e. The molecule has 2 aromatic carbocycles.